The summed E-state index contributed by atoms with van der Waals surface area (Å²) in [7, 11) is 0. The van der Waals surface area contributed by atoms with Crippen LogP contribution in [0, 0.1) is 22.7 Å². The smallest absolute Gasteiger partial charge is 0.311 e. The molecule has 3 atom stereocenters. The molecule has 110 valence electrons. The van der Waals surface area contributed by atoms with Crippen LogP contribution in [0.1, 0.15) is 54.4 Å². The third kappa shape index (κ3) is 2.81. The van der Waals surface area contributed by atoms with Crippen molar-refractivity contribution >= 4 is 5.97 Å². The van der Waals surface area contributed by atoms with Gasteiger partial charge in [-0.05, 0) is 44.9 Å². The summed E-state index contributed by atoms with van der Waals surface area (Å²) in [5.41, 5.74) is 0.0513. The molecule has 1 saturated heterocycles. The Morgan fingerprint density at radius 3 is 2.42 bits per heavy atom. The Kier molecular flexibility index (Phi) is 3.49. The molecule has 2 aliphatic rings. The minimum atomic E-state index is -0.391. The van der Waals surface area contributed by atoms with Crippen molar-refractivity contribution in [3.63, 3.8) is 0 Å². The van der Waals surface area contributed by atoms with E-state index < -0.39 is 5.60 Å². The van der Waals surface area contributed by atoms with E-state index in [0.717, 1.165) is 19.5 Å². The van der Waals surface area contributed by atoms with Gasteiger partial charge >= 0.3 is 5.97 Å². The van der Waals surface area contributed by atoms with E-state index in [1.165, 1.54) is 6.42 Å². The maximum atomic E-state index is 12.5. The lowest BCUT2D eigenvalue weighted by molar-refractivity contribution is -0.164. The van der Waals surface area contributed by atoms with Crippen molar-refractivity contribution in [1.29, 1.82) is 0 Å². The fourth-order valence-electron chi connectivity index (χ4n) is 4.34. The second-order valence-electron chi connectivity index (χ2n) is 8.40. The molecule has 0 aromatic heterocycles. The first-order valence-corrected chi connectivity index (χ1v) is 7.49. The van der Waals surface area contributed by atoms with E-state index in [9.17, 15) is 4.79 Å². The zero-order chi connectivity index (χ0) is 14.5. The number of carbonyl (C=O) groups excluding carboxylic acids is 1. The van der Waals surface area contributed by atoms with Crippen LogP contribution in [-0.2, 0) is 9.53 Å². The topological polar surface area (TPSA) is 38.3 Å². The highest BCUT2D eigenvalue weighted by molar-refractivity contribution is 5.75. The highest BCUT2D eigenvalue weighted by atomic mass is 16.6. The number of esters is 1. The first-order valence-electron chi connectivity index (χ1n) is 7.49. The van der Waals surface area contributed by atoms with Gasteiger partial charge in [-0.2, -0.15) is 0 Å². The van der Waals surface area contributed by atoms with Gasteiger partial charge in [0.25, 0.3) is 0 Å². The Hall–Kier alpha value is -0.570. The summed E-state index contributed by atoms with van der Waals surface area (Å²) >= 11 is 0. The van der Waals surface area contributed by atoms with Crippen LogP contribution in [-0.4, -0.2) is 24.7 Å². The van der Waals surface area contributed by atoms with E-state index in [0.29, 0.717) is 11.3 Å². The van der Waals surface area contributed by atoms with Gasteiger partial charge < -0.3 is 10.1 Å². The largest absolute Gasteiger partial charge is 0.460 e. The minimum absolute atomic E-state index is 0.0120. The SMILES string of the molecule is CC1CC(C)(C)CC12CNCC2C(=O)OC(C)(C)C. The second kappa shape index (κ2) is 4.47. The molecule has 0 radical (unpaired) electrons. The zero-order valence-electron chi connectivity index (χ0n) is 13.3. The standard InChI is InChI=1S/C16H29NO2/c1-11-7-15(5,6)9-16(11)10-17-8-12(16)13(18)19-14(2,3)4/h11-12,17H,7-10H2,1-6H3. The van der Waals surface area contributed by atoms with Crippen LogP contribution in [0.5, 0.6) is 0 Å². The quantitative estimate of drug-likeness (QED) is 0.742. The molecule has 3 unspecified atom stereocenters. The first-order chi connectivity index (χ1) is 8.56. The van der Waals surface area contributed by atoms with Crippen molar-refractivity contribution in [3.8, 4) is 0 Å². The van der Waals surface area contributed by atoms with Gasteiger partial charge in [-0.15, -0.1) is 0 Å². The number of hydrogen-bond donors (Lipinski definition) is 1. The Labute approximate surface area is 117 Å². The van der Waals surface area contributed by atoms with Crippen LogP contribution in [0.4, 0.5) is 0 Å². The number of hydrogen-bond acceptors (Lipinski definition) is 3. The van der Waals surface area contributed by atoms with Gasteiger partial charge in [-0.3, -0.25) is 4.79 Å². The summed E-state index contributed by atoms with van der Waals surface area (Å²) in [4.78, 5) is 12.5. The highest BCUT2D eigenvalue weighted by Gasteiger charge is 2.57. The molecule has 0 amide bonds. The van der Waals surface area contributed by atoms with Crippen molar-refractivity contribution in [2.45, 2.75) is 60.0 Å². The van der Waals surface area contributed by atoms with Gasteiger partial charge in [0, 0.05) is 18.5 Å². The van der Waals surface area contributed by atoms with Gasteiger partial charge in [-0.1, -0.05) is 20.8 Å². The predicted octanol–water partition coefficient (Wildman–Crippen LogP) is 2.99. The summed E-state index contributed by atoms with van der Waals surface area (Å²) in [6.07, 6.45) is 2.33. The predicted molar refractivity (Wildman–Crippen MR) is 76.8 cm³/mol. The van der Waals surface area contributed by atoms with Crippen LogP contribution in [0.2, 0.25) is 0 Å². The van der Waals surface area contributed by atoms with E-state index in [2.05, 4.69) is 26.1 Å². The lowest BCUT2D eigenvalue weighted by atomic mass is 9.70. The normalized spacial score (nSPS) is 37.8. The van der Waals surface area contributed by atoms with Crippen molar-refractivity contribution in [2.75, 3.05) is 13.1 Å². The molecule has 3 nitrogen and oxygen atoms in total. The second-order valence-corrected chi connectivity index (χ2v) is 8.40. The zero-order valence-corrected chi connectivity index (χ0v) is 13.3. The molecule has 1 aliphatic heterocycles. The van der Waals surface area contributed by atoms with Crippen LogP contribution in [0.15, 0.2) is 0 Å². The molecular weight excluding hydrogens is 238 g/mol. The third-order valence-electron chi connectivity index (χ3n) is 4.84. The van der Waals surface area contributed by atoms with Crippen LogP contribution in [0.3, 0.4) is 0 Å². The number of ether oxygens (including phenoxy) is 1. The fourth-order valence-corrected chi connectivity index (χ4v) is 4.34. The van der Waals surface area contributed by atoms with Gasteiger partial charge in [-0.25, -0.2) is 0 Å². The van der Waals surface area contributed by atoms with E-state index in [1.807, 2.05) is 20.8 Å². The number of rotatable bonds is 1. The first kappa shape index (κ1) is 14.8. The van der Waals surface area contributed by atoms with Crippen molar-refractivity contribution in [2.24, 2.45) is 22.7 Å². The molecule has 2 rings (SSSR count). The van der Waals surface area contributed by atoms with Gasteiger partial charge in [0.15, 0.2) is 0 Å². The minimum Gasteiger partial charge on any atom is -0.460 e. The highest BCUT2D eigenvalue weighted by Crippen LogP contribution is 2.58. The molecule has 0 bridgehead atoms. The molecule has 1 aliphatic carbocycles. The Bertz CT molecular complexity index is 369. The molecule has 1 spiro atoms. The van der Waals surface area contributed by atoms with E-state index in [1.54, 1.807) is 0 Å². The Morgan fingerprint density at radius 1 is 1.32 bits per heavy atom. The molecule has 19 heavy (non-hydrogen) atoms. The Morgan fingerprint density at radius 2 is 1.95 bits per heavy atom. The molecule has 0 aromatic carbocycles. The van der Waals surface area contributed by atoms with E-state index >= 15 is 0 Å². The number of carbonyl (C=O) groups is 1. The maximum Gasteiger partial charge on any atom is 0.311 e. The molecule has 3 heteroatoms. The molecule has 1 N–H and O–H groups in total. The number of nitrogens with one attached hydrogen (secondary N) is 1. The van der Waals surface area contributed by atoms with E-state index in [-0.39, 0.29) is 17.3 Å². The van der Waals surface area contributed by atoms with Crippen LogP contribution in [0.25, 0.3) is 0 Å². The Balaban J connectivity index is 2.20. The average molecular weight is 267 g/mol. The van der Waals surface area contributed by atoms with Crippen molar-refractivity contribution < 1.29 is 9.53 Å². The van der Waals surface area contributed by atoms with Crippen molar-refractivity contribution in [1.82, 2.24) is 5.32 Å². The maximum absolute atomic E-state index is 12.5. The molecule has 0 aromatic rings. The summed E-state index contributed by atoms with van der Waals surface area (Å²) in [5.74, 6) is 0.584. The molecule has 2 fully saturated rings. The van der Waals surface area contributed by atoms with Gasteiger partial charge in [0.05, 0.1) is 5.92 Å². The van der Waals surface area contributed by atoms with E-state index in [4.69, 9.17) is 4.74 Å². The van der Waals surface area contributed by atoms with Crippen molar-refractivity contribution in [3.05, 3.63) is 0 Å². The fraction of sp³-hybridized carbons (Fsp3) is 0.938. The van der Waals surface area contributed by atoms with Crippen LogP contribution >= 0.6 is 0 Å². The average Bonchev–Trinajstić information content (AvgIpc) is 2.66. The monoisotopic (exact) mass is 267 g/mol. The van der Waals surface area contributed by atoms with Gasteiger partial charge in [0.1, 0.15) is 5.60 Å². The lowest BCUT2D eigenvalue weighted by Crippen LogP contribution is -2.40. The molecular formula is C16H29NO2. The summed E-state index contributed by atoms with van der Waals surface area (Å²) in [6, 6.07) is 0. The summed E-state index contributed by atoms with van der Waals surface area (Å²) < 4.78 is 5.65. The summed E-state index contributed by atoms with van der Waals surface area (Å²) in [6.45, 7) is 14.5. The lowest BCUT2D eigenvalue weighted by Gasteiger charge is -2.35. The molecule has 1 saturated carbocycles. The summed E-state index contributed by atoms with van der Waals surface area (Å²) in [5, 5.41) is 3.44. The third-order valence-corrected chi connectivity index (χ3v) is 4.84. The van der Waals surface area contributed by atoms with Crippen LogP contribution < -0.4 is 5.32 Å². The van der Waals surface area contributed by atoms with Gasteiger partial charge in [0.2, 0.25) is 0 Å². The molecule has 1 heterocycles.